The van der Waals surface area contributed by atoms with E-state index >= 15 is 0 Å². The van der Waals surface area contributed by atoms with Gasteiger partial charge in [0.15, 0.2) is 0 Å². The number of nitrogens with one attached hydrogen (secondary N) is 1. The lowest BCUT2D eigenvalue weighted by molar-refractivity contribution is -0.385. The van der Waals surface area contributed by atoms with Crippen molar-refractivity contribution >= 4 is 28.6 Å². The summed E-state index contributed by atoms with van der Waals surface area (Å²) < 4.78 is 0. The molecule has 0 atom stereocenters. The van der Waals surface area contributed by atoms with Gasteiger partial charge in [0.1, 0.15) is 0 Å². The fourth-order valence-electron chi connectivity index (χ4n) is 1.91. The second-order valence-corrected chi connectivity index (χ2v) is 6.30. The van der Waals surface area contributed by atoms with Gasteiger partial charge in [0.2, 0.25) is 0 Å². The fraction of sp³-hybridized carbons (Fsp3) is 0.267. The average molecular weight is 304 g/mol. The van der Waals surface area contributed by atoms with E-state index in [1.807, 2.05) is 24.3 Å². The molecule has 6 heteroatoms. The molecule has 1 aromatic carbocycles. The van der Waals surface area contributed by atoms with Crippen molar-refractivity contribution in [3.05, 3.63) is 55.8 Å². The lowest BCUT2D eigenvalue weighted by atomic mass is 10.0. The summed E-state index contributed by atoms with van der Waals surface area (Å²) in [5, 5.41) is 13.6. The quantitative estimate of drug-likeness (QED) is 0.674. The largest absolute Gasteiger partial charge is 0.321 e. The number of carbonyl (C=O) groups is 1. The fourth-order valence-corrected chi connectivity index (χ4v) is 2.79. The number of rotatable bonds is 4. The molecule has 110 valence electrons. The summed E-state index contributed by atoms with van der Waals surface area (Å²) in [6.45, 7) is 5.83. The second-order valence-electron chi connectivity index (χ2n) is 5.04. The number of carbonyl (C=O) groups excluding carboxylic acids is 1. The van der Waals surface area contributed by atoms with E-state index in [1.165, 1.54) is 11.6 Å². The number of amides is 1. The molecule has 1 amide bonds. The zero-order valence-electron chi connectivity index (χ0n) is 12.0. The van der Waals surface area contributed by atoms with E-state index < -0.39 is 4.92 Å². The number of aryl methyl sites for hydroxylation is 1. The normalized spacial score (nSPS) is 10.7. The Kier molecular flexibility index (Phi) is 4.37. The van der Waals surface area contributed by atoms with Crippen molar-refractivity contribution in [1.82, 2.24) is 0 Å². The van der Waals surface area contributed by atoms with Crippen LogP contribution >= 0.6 is 11.3 Å². The van der Waals surface area contributed by atoms with E-state index in [-0.39, 0.29) is 11.6 Å². The maximum atomic E-state index is 12.1. The highest BCUT2D eigenvalue weighted by atomic mass is 32.1. The molecule has 21 heavy (non-hydrogen) atoms. The first-order valence-corrected chi connectivity index (χ1v) is 7.36. The predicted molar refractivity (Wildman–Crippen MR) is 84.2 cm³/mol. The van der Waals surface area contributed by atoms with Crippen LogP contribution in [0.4, 0.5) is 11.4 Å². The van der Waals surface area contributed by atoms with Crippen LogP contribution in [-0.4, -0.2) is 10.8 Å². The van der Waals surface area contributed by atoms with Gasteiger partial charge < -0.3 is 5.32 Å². The Morgan fingerprint density at radius 3 is 2.38 bits per heavy atom. The summed E-state index contributed by atoms with van der Waals surface area (Å²) >= 11 is 1.12. The Hall–Kier alpha value is -2.21. The standard InChI is InChI=1S/C15H16N2O3S/c1-9(2)11-4-6-12(7-5-11)16-15(18)14-8-13(17(19)20)10(3)21-14/h4-9H,1-3H3,(H,16,18). The number of nitrogens with zero attached hydrogens (tertiary/aromatic N) is 1. The van der Waals surface area contributed by atoms with Crippen molar-refractivity contribution < 1.29 is 9.72 Å². The van der Waals surface area contributed by atoms with E-state index in [2.05, 4.69) is 19.2 Å². The third-order valence-electron chi connectivity index (χ3n) is 3.15. The molecule has 0 aliphatic rings. The molecule has 0 aliphatic carbocycles. The van der Waals surface area contributed by atoms with Gasteiger partial charge in [-0.3, -0.25) is 14.9 Å². The van der Waals surface area contributed by atoms with E-state index in [0.29, 0.717) is 21.4 Å². The summed E-state index contributed by atoms with van der Waals surface area (Å²) in [6, 6.07) is 8.91. The first-order valence-electron chi connectivity index (χ1n) is 6.54. The number of benzene rings is 1. The molecule has 0 bridgehead atoms. The van der Waals surface area contributed by atoms with Gasteiger partial charge in [0, 0.05) is 11.8 Å². The molecule has 0 spiro atoms. The van der Waals surface area contributed by atoms with Crippen molar-refractivity contribution in [1.29, 1.82) is 0 Å². The monoisotopic (exact) mass is 304 g/mol. The second kappa shape index (κ2) is 6.05. The van der Waals surface area contributed by atoms with Crippen molar-refractivity contribution in [2.45, 2.75) is 26.7 Å². The van der Waals surface area contributed by atoms with Crippen LogP contribution in [0.25, 0.3) is 0 Å². The van der Waals surface area contributed by atoms with Crippen LogP contribution < -0.4 is 5.32 Å². The average Bonchev–Trinajstić information content (AvgIpc) is 2.81. The third-order valence-corrected chi connectivity index (χ3v) is 4.19. The third kappa shape index (κ3) is 3.46. The maximum Gasteiger partial charge on any atom is 0.283 e. The summed E-state index contributed by atoms with van der Waals surface area (Å²) in [5.74, 6) is 0.103. The number of hydrogen-bond donors (Lipinski definition) is 1. The molecule has 0 saturated carbocycles. The first-order chi connectivity index (χ1) is 9.88. The van der Waals surface area contributed by atoms with Gasteiger partial charge >= 0.3 is 0 Å². The lowest BCUT2D eigenvalue weighted by Gasteiger charge is -2.07. The van der Waals surface area contributed by atoms with Gasteiger partial charge in [-0.15, -0.1) is 11.3 Å². The highest BCUT2D eigenvalue weighted by molar-refractivity contribution is 7.14. The Morgan fingerprint density at radius 2 is 1.90 bits per heavy atom. The number of hydrogen-bond acceptors (Lipinski definition) is 4. The Balaban J connectivity index is 2.14. The Bertz CT molecular complexity index is 675. The molecule has 2 rings (SSSR count). The van der Waals surface area contributed by atoms with Crippen LogP contribution in [0.3, 0.4) is 0 Å². The number of nitro groups is 1. The zero-order valence-corrected chi connectivity index (χ0v) is 12.9. The van der Waals surface area contributed by atoms with Gasteiger partial charge in [-0.2, -0.15) is 0 Å². The molecule has 2 aromatic rings. The summed E-state index contributed by atoms with van der Waals surface area (Å²) in [7, 11) is 0. The van der Waals surface area contributed by atoms with Crippen LogP contribution in [0.1, 0.15) is 39.9 Å². The van der Waals surface area contributed by atoms with Crippen molar-refractivity contribution in [3.8, 4) is 0 Å². The summed E-state index contributed by atoms with van der Waals surface area (Å²) in [6.07, 6.45) is 0. The van der Waals surface area contributed by atoms with Crippen molar-refractivity contribution in [3.63, 3.8) is 0 Å². The molecule has 1 aromatic heterocycles. The number of thiophene rings is 1. The summed E-state index contributed by atoms with van der Waals surface area (Å²) in [5.41, 5.74) is 1.86. The lowest BCUT2D eigenvalue weighted by Crippen LogP contribution is -2.10. The zero-order chi connectivity index (χ0) is 15.6. The van der Waals surface area contributed by atoms with Gasteiger partial charge in [0.25, 0.3) is 11.6 Å². The highest BCUT2D eigenvalue weighted by Gasteiger charge is 2.19. The minimum Gasteiger partial charge on any atom is -0.321 e. The molecule has 0 fully saturated rings. The molecule has 1 N–H and O–H groups in total. The molecular formula is C15H16N2O3S. The molecular weight excluding hydrogens is 288 g/mol. The van der Waals surface area contributed by atoms with Crippen LogP contribution in [0.15, 0.2) is 30.3 Å². The predicted octanol–water partition coefficient (Wildman–Crippen LogP) is 4.34. The molecule has 0 saturated heterocycles. The molecule has 0 unspecified atom stereocenters. The van der Waals surface area contributed by atoms with Gasteiger partial charge in [-0.1, -0.05) is 26.0 Å². The van der Waals surface area contributed by atoms with E-state index in [1.54, 1.807) is 6.92 Å². The van der Waals surface area contributed by atoms with E-state index in [0.717, 1.165) is 11.3 Å². The summed E-state index contributed by atoms with van der Waals surface area (Å²) in [4.78, 5) is 23.3. The maximum absolute atomic E-state index is 12.1. The van der Waals surface area contributed by atoms with Gasteiger partial charge in [-0.25, -0.2) is 0 Å². The smallest absolute Gasteiger partial charge is 0.283 e. The molecule has 0 radical (unpaired) electrons. The minimum atomic E-state index is -0.472. The topological polar surface area (TPSA) is 72.2 Å². The van der Waals surface area contributed by atoms with E-state index in [9.17, 15) is 14.9 Å². The Labute approximate surface area is 126 Å². The SMILES string of the molecule is Cc1sc(C(=O)Nc2ccc(C(C)C)cc2)cc1[N+](=O)[O-]. The molecule has 5 nitrogen and oxygen atoms in total. The van der Waals surface area contributed by atoms with Crippen LogP contribution in [0.5, 0.6) is 0 Å². The van der Waals surface area contributed by atoms with Crippen LogP contribution in [-0.2, 0) is 0 Å². The van der Waals surface area contributed by atoms with Gasteiger partial charge in [0.05, 0.1) is 14.7 Å². The van der Waals surface area contributed by atoms with Crippen molar-refractivity contribution in [2.75, 3.05) is 5.32 Å². The minimum absolute atomic E-state index is 0.0136. The van der Waals surface area contributed by atoms with Crippen LogP contribution in [0, 0.1) is 17.0 Å². The Morgan fingerprint density at radius 1 is 1.29 bits per heavy atom. The molecule has 1 heterocycles. The molecule has 0 aliphatic heterocycles. The first kappa shape index (κ1) is 15.2. The number of anilines is 1. The van der Waals surface area contributed by atoms with Gasteiger partial charge in [-0.05, 0) is 30.5 Å². The van der Waals surface area contributed by atoms with E-state index in [4.69, 9.17) is 0 Å². The van der Waals surface area contributed by atoms with Crippen molar-refractivity contribution in [2.24, 2.45) is 0 Å². The van der Waals surface area contributed by atoms with Crippen LogP contribution in [0.2, 0.25) is 0 Å². The highest BCUT2D eigenvalue weighted by Crippen LogP contribution is 2.28.